The third-order valence-electron chi connectivity index (χ3n) is 3.35. The van der Waals surface area contributed by atoms with Crippen molar-refractivity contribution in [3.8, 4) is 11.5 Å². The molecular weight excluding hydrogens is 390 g/mol. The van der Waals surface area contributed by atoms with E-state index in [2.05, 4.69) is 33.4 Å². The van der Waals surface area contributed by atoms with Gasteiger partial charge >= 0.3 is 0 Å². The molecule has 6 heteroatoms. The van der Waals surface area contributed by atoms with E-state index >= 15 is 0 Å². The summed E-state index contributed by atoms with van der Waals surface area (Å²) in [6, 6.07) is 13.7. The van der Waals surface area contributed by atoms with Crippen LogP contribution < -0.4 is 14.8 Å². The van der Waals surface area contributed by atoms with Crippen LogP contribution in [0, 0.1) is 0 Å². The fourth-order valence-electron chi connectivity index (χ4n) is 2.16. The van der Waals surface area contributed by atoms with Gasteiger partial charge < -0.3 is 14.8 Å². The fraction of sp³-hybridized carbons (Fsp3) is 0.278. The zero-order chi connectivity index (χ0) is 17.4. The average Bonchev–Trinajstić information content (AvgIpc) is 2.61. The van der Waals surface area contributed by atoms with Crippen molar-refractivity contribution in [3.05, 3.63) is 58.1 Å². The molecule has 1 N–H and O–H groups in total. The molecule has 0 aliphatic heterocycles. The van der Waals surface area contributed by atoms with E-state index < -0.39 is 0 Å². The Morgan fingerprint density at radius 3 is 2.58 bits per heavy atom. The third kappa shape index (κ3) is 5.18. The number of hydrogen-bond acceptors (Lipinski definition) is 4. The lowest BCUT2D eigenvalue weighted by Gasteiger charge is -2.13. The quantitative estimate of drug-likeness (QED) is 0.665. The summed E-state index contributed by atoms with van der Waals surface area (Å²) < 4.78 is 11.2. The molecule has 0 spiro atoms. The van der Waals surface area contributed by atoms with E-state index in [4.69, 9.17) is 9.47 Å². The van der Waals surface area contributed by atoms with Crippen molar-refractivity contribution in [2.24, 2.45) is 0 Å². The van der Waals surface area contributed by atoms with Gasteiger partial charge in [-0.2, -0.15) is 11.8 Å². The van der Waals surface area contributed by atoms with Crippen LogP contribution in [-0.4, -0.2) is 32.4 Å². The summed E-state index contributed by atoms with van der Waals surface area (Å²) in [5.74, 6) is 2.71. The van der Waals surface area contributed by atoms with Crippen molar-refractivity contribution >= 4 is 33.6 Å². The summed E-state index contributed by atoms with van der Waals surface area (Å²) >= 11 is 5.18. The van der Waals surface area contributed by atoms with Crippen LogP contribution in [0.1, 0.15) is 15.9 Å². The minimum Gasteiger partial charge on any atom is -0.497 e. The lowest BCUT2D eigenvalue weighted by Crippen LogP contribution is -2.26. The van der Waals surface area contributed by atoms with Crippen molar-refractivity contribution in [1.29, 1.82) is 0 Å². The van der Waals surface area contributed by atoms with Gasteiger partial charge in [-0.25, -0.2) is 0 Å². The van der Waals surface area contributed by atoms with Gasteiger partial charge in [0.15, 0.2) is 0 Å². The molecule has 0 radical (unpaired) electrons. The largest absolute Gasteiger partial charge is 0.497 e. The molecule has 128 valence electrons. The van der Waals surface area contributed by atoms with Gasteiger partial charge in [0, 0.05) is 18.1 Å². The molecule has 0 saturated heterocycles. The number of benzene rings is 2. The Balaban J connectivity index is 1.87. The standard InChI is InChI=1S/C18H20BrNO3S/c1-22-14-10-15(17(23-2)16(19)11-14)18(21)20-8-9-24-12-13-6-4-3-5-7-13/h3-7,10-11H,8-9,12H2,1-2H3,(H,20,21). The molecule has 2 aromatic carbocycles. The summed E-state index contributed by atoms with van der Waals surface area (Å²) in [6.45, 7) is 0.592. The highest BCUT2D eigenvalue weighted by Gasteiger charge is 2.16. The van der Waals surface area contributed by atoms with Gasteiger partial charge in [0.1, 0.15) is 11.5 Å². The number of carbonyl (C=O) groups excluding carboxylic acids is 1. The van der Waals surface area contributed by atoms with Crippen molar-refractivity contribution in [3.63, 3.8) is 0 Å². The fourth-order valence-corrected chi connectivity index (χ4v) is 3.58. The number of thioether (sulfide) groups is 1. The van der Waals surface area contributed by atoms with E-state index in [0.29, 0.717) is 28.1 Å². The van der Waals surface area contributed by atoms with Crippen LogP contribution in [0.25, 0.3) is 0 Å². The van der Waals surface area contributed by atoms with Crippen LogP contribution in [0.2, 0.25) is 0 Å². The average molecular weight is 410 g/mol. The van der Waals surface area contributed by atoms with Crippen LogP contribution in [0.15, 0.2) is 46.9 Å². The molecule has 24 heavy (non-hydrogen) atoms. The zero-order valence-corrected chi connectivity index (χ0v) is 16.1. The molecular formula is C18H20BrNO3S. The van der Waals surface area contributed by atoms with Crippen molar-refractivity contribution in [1.82, 2.24) is 5.32 Å². The van der Waals surface area contributed by atoms with E-state index in [1.54, 1.807) is 38.1 Å². The Labute approximate surface area is 155 Å². The topological polar surface area (TPSA) is 47.6 Å². The normalized spacial score (nSPS) is 10.3. The SMILES string of the molecule is COc1cc(Br)c(OC)c(C(=O)NCCSCc2ccccc2)c1. The first kappa shape index (κ1) is 18.7. The highest BCUT2D eigenvalue weighted by molar-refractivity contribution is 9.10. The second-order valence-electron chi connectivity index (χ2n) is 4.98. The Bertz CT molecular complexity index is 679. The molecule has 0 heterocycles. The van der Waals surface area contributed by atoms with Gasteiger partial charge in [0.25, 0.3) is 5.91 Å². The lowest BCUT2D eigenvalue weighted by molar-refractivity contribution is 0.0952. The maximum Gasteiger partial charge on any atom is 0.255 e. The van der Waals surface area contributed by atoms with E-state index in [1.807, 2.05) is 18.2 Å². The van der Waals surface area contributed by atoms with E-state index in [9.17, 15) is 4.79 Å². The molecule has 0 atom stereocenters. The Kier molecular flexibility index (Phi) is 7.46. The molecule has 0 aliphatic rings. The second kappa shape index (κ2) is 9.59. The molecule has 0 bridgehead atoms. The molecule has 0 aromatic heterocycles. The summed E-state index contributed by atoms with van der Waals surface area (Å²) in [5.41, 5.74) is 1.74. The molecule has 0 aliphatic carbocycles. The van der Waals surface area contributed by atoms with Gasteiger partial charge in [-0.15, -0.1) is 0 Å². The summed E-state index contributed by atoms with van der Waals surface area (Å²) in [5, 5.41) is 2.92. The Morgan fingerprint density at radius 2 is 1.92 bits per heavy atom. The number of rotatable bonds is 8. The highest BCUT2D eigenvalue weighted by Crippen LogP contribution is 2.33. The van der Waals surface area contributed by atoms with Gasteiger partial charge in [0.2, 0.25) is 0 Å². The van der Waals surface area contributed by atoms with E-state index in [1.165, 1.54) is 5.56 Å². The molecule has 2 aromatic rings. The number of ether oxygens (including phenoxy) is 2. The summed E-state index contributed by atoms with van der Waals surface area (Å²) in [6.07, 6.45) is 0. The van der Waals surface area contributed by atoms with Crippen LogP contribution in [0.4, 0.5) is 0 Å². The predicted molar refractivity (Wildman–Crippen MR) is 102 cm³/mol. The molecule has 4 nitrogen and oxygen atoms in total. The zero-order valence-electron chi connectivity index (χ0n) is 13.7. The van der Waals surface area contributed by atoms with E-state index in [0.717, 1.165) is 11.5 Å². The van der Waals surface area contributed by atoms with Crippen molar-refractivity contribution in [2.75, 3.05) is 26.5 Å². The van der Waals surface area contributed by atoms with Gasteiger partial charge in [-0.3, -0.25) is 4.79 Å². The minimum absolute atomic E-state index is 0.174. The molecule has 0 saturated carbocycles. The first-order valence-corrected chi connectivity index (χ1v) is 9.42. The number of halogens is 1. The molecule has 0 fully saturated rings. The van der Waals surface area contributed by atoms with Crippen LogP contribution in [0.3, 0.4) is 0 Å². The van der Waals surface area contributed by atoms with Crippen molar-refractivity contribution in [2.45, 2.75) is 5.75 Å². The first-order valence-electron chi connectivity index (χ1n) is 7.47. The number of nitrogens with one attached hydrogen (secondary N) is 1. The number of methoxy groups -OCH3 is 2. The van der Waals surface area contributed by atoms with Crippen LogP contribution >= 0.6 is 27.7 Å². The lowest BCUT2D eigenvalue weighted by atomic mass is 10.1. The summed E-state index contributed by atoms with van der Waals surface area (Å²) in [7, 11) is 3.11. The minimum atomic E-state index is -0.174. The van der Waals surface area contributed by atoms with Gasteiger partial charge in [-0.05, 0) is 33.6 Å². The maximum atomic E-state index is 12.4. The smallest absolute Gasteiger partial charge is 0.255 e. The van der Waals surface area contributed by atoms with Crippen LogP contribution in [-0.2, 0) is 5.75 Å². The summed E-state index contributed by atoms with van der Waals surface area (Å²) in [4.78, 5) is 12.4. The monoisotopic (exact) mass is 409 g/mol. The van der Waals surface area contributed by atoms with E-state index in [-0.39, 0.29) is 5.91 Å². The number of hydrogen-bond donors (Lipinski definition) is 1. The highest BCUT2D eigenvalue weighted by atomic mass is 79.9. The second-order valence-corrected chi connectivity index (χ2v) is 6.94. The third-order valence-corrected chi connectivity index (χ3v) is 4.96. The molecule has 2 rings (SSSR count). The van der Waals surface area contributed by atoms with Gasteiger partial charge in [0.05, 0.1) is 24.3 Å². The Morgan fingerprint density at radius 1 is 1.17 bits per heavy atom. The predicted octanol–water partition coefficient (Wildman–Crippen LogP) is 4.13. The first-order chi connectivity index (χ1) is 11.7. The van der Waals surface area contributed by atoms with Crippen molar-refractivity contribution < 1.29 is 14.3 Å². The Hall–Kier alpha value is -1.66. The van der Waals surface area contributed by atoms with Crippen LogP contribution in [0.5, 0.6) is 11.5 Å². The maximum absolute atomic E-state index is 12.4. The molecule has 0 unspecified atom stereocenters. The number of amides is 1. The van der Waals surface area contributed by atoms with Gasteiger partial charge in [-0.1, -0.05) is 30.3 Å². The molecule has 1 amide bonds. The number of carbonyl (C=O) groups is 1.